The molecule has 7 heteroatoms. The highest BCUT2D eigenvalue weighted by Gasteiger charge is 2.22. The van der Waals surface area contributed by atoms with Gasteiger partial charge in [0, 0.05) is 6.42 Å². The van der Waals surface area contributed by atoms with E-state index in [4.69, 9.17) is 0 Å². The van der Waals surface area contributed by atoms with E-state index in [9.17, 15) is 24.9 Å². The molecule has 4 N–H and O–H groups in total. The fraction of sp³-hybridized carbons (Fsp3) is 0.143. The highest BCUT2D eigenvalue weighted by atomic mass is 32.1. The van der Waals surface area contributed by atoms with Crippen molar-refractivity contribution in [1.82, 2.24) is 5.32 Å². The molecule has 0 aliphatic carbocycles. The minimum absolute atomic E-state index is 0.000286. The van der Waals surface area contributed by atoms with Gasteiger partial charge in [-0.1, -0.05) is 12.1 Å². The zero-order valence-electron chi connectivity index (χ0n) is 10.8. The van der Waals surface area contributed by atoms with Gasteiger partial charge in [0.1, 0.15) is 6.04 Å². The lowest BCUT2D eigenvalue weighted by Crippen LogP contribution is -2.42. The number of amides is 1. The summed E-state index contributed by atoms with van der Waals surface area (Å²) in [5.41, 5.74) is 0.490. The summed E-state index contributed by atoms with van der Waals surface area (Å²) in [6.45, 7) is 0. The van der Waals surface area contributed by atoms with Gasteiger partial charge in [0.05, 0.1) is 4.88 Å². The number of phenols is 2. The summed E-state index contributed by atoms with van der Waals surface area (Å²) in [6.07, 6.45) is 0.000286. The van der Waals surface area contributed by atoms with Crippen molar-refractivity contribution in [3.63, 3.8) is 0 Å². The first-order chi connectivity index (χ1) is 9.97. The number of phenolic OH excluding ortho intramolecular Hbond substituents is 2. The van der Waals surface area contributed by atoms with Crippen LogP contribution < -0.4 is 5.32 Å². The SMILES string of the molecule is O=C(N[C@@H](Cc1ccc(O)c(O)c1)C(=O)O)c1cccs1. The molecule has 1 atom stereocenters. The Morgan fingerprint density at radius 2 is 1.95 bits per heavy atom. The van der Waals surface area contributed by atoms with Crippen LogP contribution in [0.4, 0.5) is 0 Å². The van der Waals surface area contributed by atoms with Crippen LogP contribution in [0.3, 0.4) is 0 Å². The molecule has 1 aromatic heterocycles. The van der Waals surface area contributed by atoms with E-state index in [2.05, 4.69) is 5.32 Å². The lowest BCUT2D eigenvalue weighted by atomic mass is 10.1. The number of carboxylic acid groups (broad SMARTS) is 1. The number of carboxylic acids is 1. The number of aliphatic carboxylic acids is 1. The number of carbonyl (C=O) groups excluding carboxylic acids is 1. The quantitative estimate of drug-likeness (QED) is 0.627. The molecule has 0 bridgehead atoms. The van der Waals surface area contributed by atoms with Crippen LogP contribution >= 0.6 is 11.3 Å². The van der Waals surface area contributed by atoms with E-state index in [0.29, 0.717) is 10.4 Å². The Morgan fingerprint density at radius 3 is 2.52 bits per heavy atom. The molecule has 0 spiro atoms. The van der Waals surface area contributed by atoms with Crippen molar-refractivity contribution in [3.8, 4) is 11.5 Å². The van der Waals surface area contributed by atoms with Crippen molar-refractivity contribution in [2.45, 2.75) is 12.5 Å². The molecule has 1 heterocycles. The minimum Gasteiger partial charge on any atom is -0.504 e. The molecule has 0 fully saturated rings. The molecule has 21 heavy (non-hydrogen) atoms. The summed E-state index contributed by atoms with van der Waals surface area (Å²) in [5.74, 6) is -2.25. The standard InChI is InChI=1S/C14H13NO5S/c16-10-4-3-8(7-11(10)17)6-9(14(19)20)15-13(18)12-2-1-5-21-12/h1-5,7,9,16-17H,6H2,(H,15,18)(H,19,20)/t9-/m0/s1. The third kappa shape index (κ3) is 3.73. The van der Waals surface area contributed by atoms with Gasteiger partial charge >= 0.3 is 5.97 Å². The molecule has 0 saturated heterocycles. The number of carbonyl (C=O) groups is 2. The first-order valence-corrected chi connectivity index (χ1v) is 6.93. The Labute approximate surface area is 124 Å². The summed E-state index contributed by atoms with van der Waals surface area (Å²) < 4.78 is 0. The number of thiophene rings is 1. The number of hydrogen-bond donors (Lipinski definition) is 4. The van der Waals surface area contributed by atoms with Crippen molar-refractivity contribution >= 4 is 23.2 Å². The number of aromatic hydroxyl groups is 2. The lowest BCUT2D eigenvalue weighted by molar-refractivity contribution is -0.139. The van der Waals surface area contributed by atoms with Crippen molar-refractivity contribution in [1.29, 1.82) is 0 Å². The summed E-state index contributed by atoms with van der Waals surface area (Å²) in [4.78, 5) is 23.5. The van der Waals surface area contributed by atoms with Gasteiger partial charge in [-0.2, -0.15) is 0 Å². The zero-order valence-corrected chi connectivity index (χ0v) is 11.6. The highest BCUT2D eigenvalue weighted by molar-refractivity contribution is 7.12. The minimum atomic E-state index is -1.17. The molecule has 1 amide bonds. The molecule has 1 aromatic carbocycles. The van der Waals surface area contributed by atoms with Crippen LogP contribution in [0.25, 0.3) is 0 Å². The summed E-state index contributed by atoms with van der Waals surface area (Å²) >= 11 is 1.22. The van der Waals surface area contributed by atoms with Crippen LogP contribution in [-0.4, -0.2) is 33.2 Å². The molecular weight excluding hydrogens is 294 g/mol. The Balaban J connectivity index is 2.10. The molecule has 2 rings (SSSR count). The average Bonchev–Trinajstić information content (AvgIpc) is 2.96. The van der Waals surface area contributed by atoms with Crippen LogP contribution in [0.5, 0.6) is 11.5 Å². The van der Waals surface area contributed by atoms with Gasteiger partial charge in [0.15, 0.2) is 11.5 Å². The number of rotatable bonds is 5. The first-order valence-electron chi connectivity index (χ1n) is 6.05. The highest BCUT2D eigenvalue weighted by Crippen LogP contribution is 2.25. The molecule has 110 valence electrons. The molecule has 0 aliphatic heterocycles. The van der Waals surface area contributed by atoms with Crippen LogP contribution in [-0.2, 0) is 11.2 Å². The van der Waals surface area contributed by atoms with Gasteiger partial charge in [-0.05, 0) is 29.1 Å². The Bertz CT molecular complexity index is 653. The zero-order chi connectivity index (χ0) is 15.4. The van der Waals surface area contributed by atoms with Gasteiger partial charge in [-0.15, -0.1) is 11.3 Å². The van der Waals surface area contributed by atoms with Crippen molar-refractivity contribution < 1.29 is 24.9 Å². The van der Waals surface area contributed by atoms with E-state index in [1.165, 1.54) is 29.5 Å². The molecule has 6 nitrogen and oxygen atoms in total. The second-order valence-electron chi connectivity index (χ2n) is 4.37. The predicted octanol–water partition coefficient (Wildman–Crippen LogP) is 1.58. The van der Waals surface area contributed by atoms with Gasteiger partial charge in [-0.25, -0.2) is 4.79 Å². The number of hydrogen-bond acceptors (Lipinski definition) is 5. The van der Waals surface area contributed by atoms with Crippen molar-refractivity contribution in [2.75, 3.05) is 0 Å². The Morgan fingerprint density at radius 1 is 1.19 bits per heavy atom. The van der Waals surface area contributed by atoms with E-state index in [1.54, 1.807) is 17.5 Å². The van der Waals surface area contributed by atoms with Crippen LogP contribution in [0, 0.1) is 0 Å². The second-order valence-corrected chi connectivity index (χ2v) is 5.32. The number of nitrogens with one attached hydrogen (secondary N) is 1. The van der Waals surface area contributed by atoms with E-state index in [1.807, 2.05) is 0 Å². The van der Waals surface area contributed by atoms with Crippen LogP contribution in [0.1, 0.15) is 15.2 Å². The van der Waals surface area contributed by atoms with Gasteiger partial charge in [-0.3, -0.25) is 4.79 Å². The van der Waals surface area contributed by atoms with Gasteiger partial charge in [0.2, 0.25) is 0 Å². The van der Waals surface area contributed by atoms with E-state index in [0.717, 1.165) is 0 Å². The van der Waals surface area contributed by atoms with Crippen molar-refractivity contribution in [2.24, 2.45) is 0 Å². The van der Waals surface area contributed by atoms with E-state index < -0.39 is 17.9 Å². The topological polar surface area (TPSA) is 107 Å². The monoisotopic (exact) mass is 307 g/mol. The second kappa shape index (κ2) is 6.27. The lowest BCUT2D eigenvalue weighted by Gasteiger charge is -2.14. The predicted molar refractivity (Wildman–Crippen MR) is 76.7 cm³/mol. The fourth-order valence-electron chi connectivity index (χ4n) is 1.77. The molecule has 2 aromatic rings. The molecular formula is C14H13NO5S. The average molecular weight is 307 g/mol. The van der Waals surface area contributed by atoms with E-state index in [-0.39, 0.29) is 17.9 Å². The maximum absolute atomic E-state index is 11.9. The van der Waals surface area contributed by atoms with Crippen LogP contribution in [0.2, 0.25) is 0 Å². The smallest absolute Gasteiger partial charge is 0.326 e. The third-order valence-electron chi connectivity index (χ3n) is 2.83. The van der Waals surface area contributed by atoms with Crippen molar-refractivity contribution in [3.05, 3.63) is 46.2 Å². The Kier molecular flexibility index (Phi) is 4.44. The molecule has 0 aliphatic rings. The summed E-state index contributed by atoms with van der Waals surface area (Å²) in [6, 6.07) is 6.21. The first kappa shape index (κ1) is 14.9. The fourth-order valence-corrected chi connectivity index (χ4v) is 2.40. The van der Waals surface area contributed by atoms with Crippen LogP contribution in [0.15, 0.2) is 35.7 Å². The normalized spacial score (nSPS) is 11.8. The third-order valence-corrected chi connectivity index (χ3v) is 3.70. The van der Waals surface area contributed by atoms with Gasteiger partial charge in [0.25, 0.3) is 5.91 Å². The number of benzene rings is 1. The van der Waals surface area contributed by atoms with Gasteiger partial charge < -0.3 is 20.6 Å². The largest absolute Gasteiger partial charge is 0.504 e. The summed E-state index contributed by atoms with van der Waals surface area (Å²) in [7, 11) is 0. The maximum atomic E-state index is 11.9. The summed E-state index contributed by atoms with van der Waals surface area (Å²) in [5, 5.41) is 32.0. The molecule has 0 radical (unpaired) electrons. The Hall–Kier alpha value is -2.54. The molecule has 0 saturated carbocycles. The van der Waals surface area contributed by atoms with E-state index >= 15 is 0 Å². The molecule has 0 unspecified atom stereocenters. The maximum Gasteiger partial charge on any atom is 0.326 e.